The lowest BCUT2D eigenvalue weighted by atomic mass is 9.73. The highest BCUT2D eigenvalue weighted by Crippen LogP contribution is 2.44. The molecule has 0 radical (unpaired) electrons. The number of hydrogen-bond acceptors (Lipinski definition) is 10. The van der Waals surface area contributed by atoms with Gasteiger partial charge in [-0.3, -0.25) is 0 Å². The molecular formula is C44H54O10Si. The Hall–Kier alpha value is -3.94. The lowest BCUT2D eigenvalue weighted by Gasteiger charge is -2.30. The van der Waals surface area contributed by atoms with E-state index in [0.29, 0.717) is 52.3 Å². The van der Waals surface area contributed by atoms with Crippen LogP contribution in [0.4, 0.5) is 0 Å². The largest absolute Gasteiger partial charge is 0.501 e. The molecule has 55 heavy (non-hydrogen) atoms. The molecule has 3 aliphatic heterocycles. The first-order chi connectivity index (χ1) is 27.0. The van der Waals surface area contributed by atoms with E-state index in [-0.39, 0.29) is 30.1 Å². The van der Waals surface area contributed by atoms with Crippen molar-refractivity contribution in [2.24, 2.45) is 0 Å². The van der Waals surface area contributed by atoms with Crippen molar-refractivity contribution in [1.29, 1.82) is 0 Å². The van der Waals surface area contributed by atoms with Gasteiger partial charge in [0, 0.05) is 37.7 Å². The highest BCUT2D eigenvalue weighted by molar-refractivity contribution is 6.60. The van der Waals surface area contributed by atoms with Crippen LogP contribution in [0.2, 0.25) is 6.04 Å². The minimum atomic E-state index is -2.73. The van der Waals surface area contributed by atoms with Crippen molar-refractivity contribution in [2.75, 3.05) is 66.1 Å². The Morgan fingerprint density at radius 1 is 0.473 bits per heavy atom. The Morgan fingerprint density at radius 3 is 1.04 bits per heavy atom. The molecule has 10 nitrogen and oxygen atoms in total. The van der Waals surface area contributed by atoms with Crippen LogP contribution in [-0.4, -0.2) is 93.2 Å². The summed E-state index contributed by atoms with van der Waals surface area (Å²) < 4.78 is 58.5. The molecule has 7 rings (SSSR count). The second kappa shape index (κ2) is 19.3. The number of benzene rings is 4. The number of epoxide rings is 3. The van der Waals surface area contributed by atoms with E-state index in [9.17, 15) is 0 Å². The van der Waals surface area contributed by atoms with Gasteiger partial charge in [-0.1, -0.05) is 48.5 Å². The van der Waals surface area contributed by atoms with E-state index in [1.54, 1.807) is 0 Å². The normalized spacial score (nSPS) is 19.7. The Kier molecular flexibility index (Phi) is 13.8. The van der Waals surface area contributed by atoms with E-state index in [1.807, 2.05) is 20.8 Å². The van der Waals surface area contributed by atoms with Gasteiger partial charge < -0.3 is 46.4 Å². The van der Waals surface area contributed by atoms with Gasteiger partial charge in [0.05, 0.1) is 26.4 Å². The fourth-order valence-electron chi connectivity index (χ4n) is 6.78. The molecule has 0 N–H and O–H groups in total. The molecule has 294 valence electrons. The van der Waals surface area contributed by atoms with Crippen LogP contribution in [0.1, 0.15) is 61.3 Å². The summed E-state index contributed by atoms with van der Waals surface area (Å²) in [7, 11) is -2.73. The molecule has 0 amide bonds. The Balaban J connectivity index is 1.15. The van der Waals surface area contributed by atoms with Gasteiger partial charge in [-0.05, 0) is 98.0 Å². The minimum Gasteiger partial charge on any atom is -0.494 e. The summed E-state index contributed by atoms with van der Waals surface area (Å²) in [6.45, 7) is 12.1. The molecule has 11 heteroatoms. The highest BCUT2D eigenvalue weighted by Gasteiger charge is 2.39. The van der Waals surface area contributed by atoms with E-state index in [1.165, 1.54) is 0 Å². The summed E-state index contributed by atoms with van der Waals surface area (Å²) in [5.74, 6) is 3.19. The fraction of sp³-hybridized carbons (Fsp3) is 0.455. The predicted molar refractivity (Wildman–Crippen MR) is 211 cm³/mol. The third-order valence-corrected chi connectivity index (χ3v) is 12.9. The van der Waals surface area contributed by atoms with Crippen LogP contribution in [0.25, 0.3) is 0 Å². The minimum absolute atomic E-state index is 0.0474. The monoisotopic (exact) mass is 770 g/mol. The first-order valence-electron chi connectivity index (χ1n) is 19.7. The van der Waals surface area contributed by atoms with Gasteiger partial charge in [0.1, 0.15) is 61.1 Å². The van der Waals surface area contributed by atoms with Crippen molar-refractivity contribution >= 4 is 8.80 Å². The van der Waals surface area contributed by atoms with Crippen molar-refractivity contribution in [2.45, 2.75) is 63.4 Å². The smallest absolute Gasteiger partial charge is 0.494 e. The van der Waals surface area contributed by atoms with E-state index in [2.05, 4.69) is 97.1 Å². The van der Waals surface area contributed by atoms with Crippen LogP contribution < -0.4 is 18.9 Å². The molecular weight excluding hydrogens is 717 g/mol. The molecule has 4 atom stereocenters. The van der Waals surface area contributed by atoms with E-state index in [4.69, 9.17) is 46.4 Å². The third-order valence-electron chi connectivity index (χ3n) is 9.79. The van der Waals surface area contributed by atoms with Crippen LogP contribution in [-0.2, 0) is 27.5 Å². The standard InChI is InChI=1S/C44H54O10Si/c1-4-52-55(53-5-2,54-6-3)25-7-24-45-36-16-8-32(9-17-36)43(33-10-18-37(19-11-33)46-26-40-29-49-40)44(34-12-20-38(21-13-34)47-27-41-30-50-41)35-14-22-39(23-15-35)48-28-42-31-51-42/h8-23,40-44H,4-7,24-31H2,1-3H3. The molecule has 3 heterocycles. The number of rotatable bonds is 25. The van der Waals surface area contributed by atoms with E-state index >= 15 is 0 Å². The topological polar surface area (TPSA) is 102 Å². The van der Waals surface area contributed by atoms with Gasteiger partial charge in [-0.25, -0.2) is 0 Å². The molecule has 0 aliphatic carbocycles. The molecule has 4 aromatic rings. The number of ether oxygens (including phenoxy) is 7. The first-order valence-corrected chi connectivity index (χ1v) is 21.7. The Labute approximate surface area is 326 Å². The SMILES string of the molecule is CCO[Si](CCCOc1ccc(C(c2ccc(OCC3CO3)cc2)C(c2ccc(OCC3CO3)cc2)c2ccc(OCC3CO3)cc2)cc1)(OCC)OCC. The maximum absolute atomic E-state index is 6.27. The molecule has 0 spiro atoms. The molecule has 0 saturated carbocycles. The van der Waals surface area contributed by atoms with Gasteiger partial charge in [-0.15, -0.1) is 0 Å². The summed E-state index contributed by atoms with van der Waals surface area (Å²) in [5.41, 5.74) is 4.65. The Morgan fingerprint density at radius 2 is 0.764 bits per heavy atom. The third kappa shape index (κ3) is 11.5. The summed E-state index contributed by atoms with van der Waals surface area (Å²) in [6.07, 6.45) is 1.33. The average Bonchev–Trinajstić information content (AvgIpc) is 4.05. The zero-order chi connectivity index (χ0) is 37.9. The summed E-state index contributed by atoms with van der Waals surface area (Å²) in [6, 6.07) is 34.6. The average molecular weight is 771 g/mol. The molecule has 0 aromatic heterocycles. The van der Waals surface area contributed by atoms with Crippen LogP contribution in [0, 0.1) is 0 Å². The van der Waals surface area contributed by atoms with Gasteiger partial charge in [0.2, 0.25) is 0 Å². The second-order valence-corrected chi connectivity index (χ2v) is 16.7. The van der Waals surface area contributed by atoms with E-state index in [0.717, 1.165) is 71.5 Å². The van der Waals surface area contributed by atoms with Crippen molar-refractivity contribution in [3.05, 3.63) is 119 Å². The van der Waals surface area contributed by atoms with Crippen molar-refractivity contribution < 1.29 is 46.4 Å². The maximum atomic E-state index is 6.27. The molecule has 3 saturated heterocycles. The van der Waals surface area contributed by atoms with Crippen LogP contribution in [0.3, 0.4) is 0 Å². The van der Waals surface area contributed by atoms with Gasteiger partial charge in [0.25, 0.3) is 0 Å². The van der Waals surface area contributed by atoms with Crippen molar-refractivity contribution in [1.82, 2.24) is 0 Å². The van der Waals surface area contributed by atoms with Gasteiger partial charge >= 0.3 is 8.80 Å². The van der Waals surface area contributed by atoms with E-state index < -0.39 is 8.80 Å². The lowest BCUT2D eigenvalue weighted by Crippen LogP contribution is -2.46. The zero-order valence-corrected chi connectivity index (χ0v) is 33.2. The zero-order valence-electron chi connectivity index (χ0n) is 32.2. The van der Waals surface area contributed by atoms with Crippen LogP contribution in [0.15, 0.2) is 97.1 Å². The summed E-state index contributed by atoms with van der Waals surface area (Å²) in [4.78, 5) is 0. The molecule has 3 fully saturated rings. The summed E-state index contributed by atoms with van der Waals surface area (Å²) >= 11 is 0. The fourth-order valence-corrected chi connectivity index (χ4v) is 9.36. The second-order valence-electron chi connectivity index (χ2n) is 14.0. The number of hydrogen-bond donors (Lipinski definition) is 0. The lowest BCUT2D eigenvalue weighted by molar-refractivity contribution is 0.0696. The summed E-state index contributed by atoms with van der Waals surface area (Å²) in [5, 5.41) is 0. The quantitative estimate of drug-likeness (QED) is 0.0377. The predicted octanol–water partition coefficient (Wildman–Crippen LogP) is 7.80. The van der Waals surface area contributed by atoms with Gasteiger partial charge in [0.15, 0.2) is 0 Å². The molecule has 0 bridgehead atoms. The molecule has 3 aliphatic rings. The Bertz CT molecular complexity index is 1650. The maximum Gasteiger partial charge on any atom is 0.501 e. The van der Waals surface area contributed by atoms with Crippen LogP contribution >= 0.6 is 0 Å². The van der Waals surface area contributed by atoms with Crippen LogP contribution in [0.5, 0.6) is 23.0 Å². The molecule has 4 unspecified atom stereocenters. The van der Waals surface area contributed by atoms with Crippen molar-refractivity contribution in [3.8, 4) is 23.0 Å². The first kappa shape index (κ1) is 39.3. The highest BCUT2D eigenvalue weighted by atomic mass is 28.4. The van der Waals surface area contributed by atoms with Crippen molar-refractivity contribution in [3.63, 3.8) is 0 Å². The van der Waals surface area contributed by atoms with Gasteiger partial charge in [-0.2, -0.15) is 0 Å². The molecule has 4 aromatic carbocycles.